The minimum Gasteiger partial charge on any atom is -0.260 e. The molecule has 2 rings (SSSR count). The number of aromatic nitrogens is 1. The molecular formula is C17H18BrN. The summed E-state index contributed by atoms with van der Waals surface area (Å²) in [5.41, 5.74) is 4.91. The minimum atomic E-state index is 1.02. The first-order chi connectivity index (χ1) is 9.20. The van der Waals surface area contributed by atoms with Crippen molar-refractivity contribution in [2.45, 2.75) is 26.7 Å². The van der Waals surface area contributed by atoms with Gasteiger partial charge in [-0.2, -0.15) is 0 Å². The molecule has 0 unspecified atom stereocenters. The molecular weight excluding hydrogens is 298 g/mol. The molecule has 1 aromatic heterocycles. The summed E-state index contributed by atoms with van der Waals surface area (Å²) in [5, 5.41) is 0. The Morgan fingerprint density at radius 3 is 2.68 bits per heavy atom. The molecule has 1 nitrogen and oxygen atoms in total. The van der Waals surface area contributed by atoms with Crippen molar-refractivity contribution >= 4 is 27.6 Å². The van der Waals surface area contributed by atoms with Crippen molar-refractivity contribution in [3.8, 4) is 0 Å². The number of hydrogen-bond acceptors (Lipinski definition) is 1. The summed E-state index contributed by atoms with van der Waals surface area (Å²) in [6.45, 7) is 4.26. The average Bonchev–Trinajstić information content (AvgIpc) is 2.43. The van der Waals surface area contributed by atoms with Gasteiger partial charge in [0.05, 0.1) is 0 Å². The van der Waals surface area contributed by atoms with Crippen LogP contribution in [0.5, 0.6) is 0 Å². The van der Waals surface area contributed by atoms with Crippen LogP contribution >= 0.6 is 15.9 Å². The molecule has 0 spiro atoms. The zero-order valence-electron chi connectivity index (χ0n) is 11.4. The number of halogens is 1. The molecule has 0 radical (unpaired) electrons. The Kier molecular flexibility index (Phi) is 4.92. The standard InChI is InChI=1S/C17H18BrN/c1-3-7-15(14-8-5-4-6-9-14)10-16-11-17(18)12-19-13(16)2/h4-6,8-12H,3,7H2,1-2H3/b15-10+. The Morgan fingerprint density at radius 2 is 2.00 bits per heavy atom. The fourth-order valence-electron chi connectivity index (χ4n) is 2.08. The number of rotatable bonds is 4. The van der Waals surface area contributed by atoms with Crippen LogP contribution in [0.1, 0.15) is 36.6 Å². The first-order valence-corrected chi connectivity index (χ1v) is 7.38. The second kappa shape index (κ2) is 6.67. The zero-order chi connectivity index (χ0) is 13.7. The number of allylic oxidation sites excluding steroid dienone is 1. The highest BCUT2D eigenvalue weighted by Gasteiger charge is 2.03. The van der Waals surface area contributed by atoms with Crippen LogP contribution in [0.2, 0.25) is 0 Å². The molecule has 0 amide bonds. The summed E-state index contributed by atoms with van der Waals surface area (Å²) in [6.07, 6.45) is 6.32. The third-order valence-electron chi connectivity index (χ3n) is 3.09. The maximum Gasteiger partial charge on any atom is 0.0445 e. The van der Waals surface area contributed by atoms with Crippen LogP contribution in [0.4, 0.5) is 0 Å². The van der Waals surface area contributed by atoms with Crippen molar-refractivity contribution in [2.24, 2.45) is 0 Å². The highest BCUT2D eigenvalue weighted by molar-refractivity contribution is 9.10. The molecule has 0 N–H and O–H groups in total. The lowest BCUT2D eigenvalue weighted by Gasteiger charge is -2.08. The minimum absolute atomic E-state index is 1.02. The van der Waals surface area contributed by atoms with Crippen LogP contribution in [0.25, 0.3) is 11.6 Å². The van der Waals surface area contributed by atoms with Crippen molar-refractivity contribution in [3.05, 3.63) is 63.9 Å². The Hall–Kier alpha value is -1.41. The smallest absolute Gasteiger partial charge is 0.0445 e. The summed E-state index contributed by atoms with van der Waals surface area (Å²) in [5.74, 6) is 0. The van der Waals surface area contributed by atoms with Crippen molar-refractivity contribution in [1.29, 1.82) is 0 Å². The fourth-order valence-corrected chi connectivity index (χ4v) is 2.43. The number of benzene rings is 1. The zero-order valence-corrected chi connectivity index (χ0v) is 12.9. The number of hydrogen-bond donors (Lipinski definition) is 0. The van der Waals surface area contributed by atoms with E-state index in [0.717, 1.165) is 23.0 Å². The highest BCUT2D eigenvalue weighted by Crippen LogP contribution is 2.25. The third-order valence-corrected chi connectivity index (χ3v) is 3.52. The van der Waals surface area contributed by atoms with Gasteiger partial charge in [0.2, 0.25) is 0 Å². The molecule has 0 saturated heterocycles. The molecule has 2 heteroatoms. The van der Waals surface area contributed by atoms with Gasteiger partial charge in [0.15, 0.2) is 0 Å². The molecule has 1 aromatic carbocycles. The fraction of sp³-hybridized carbons (Fsp3) is 0.235. The Balaban J connectivity index is 2.44. The molecule has 0 aliphatic heterocycles. The van der Waals surface area contributed by atoms with Crippen LogP contribution in [-0.4, -0.2) is 4.98 Å². The summed E-state index contributed by atoms with van der Waals surface area (Å²) in [7, 11) is 0. The van der Waals surface area contributed by atoms with E-state index < -0.39 is 0 Å². The SMILES string of the molecule is CCC/C(=C\c1cc(Br)cnc1C)c1ccccc1. The lowest BCUT2D eigenvalue weighted by Crippen LogP contribution is -1.89. The Labute approximate surface area is 123 Å². The molecule has 0 saturated carbocycles. The monoisotopic (exact) mass is 315 g/mol. The molecule has 0 aliphatic carbocycles. The van der Waals surface area contributed by atoms with Crippen molar-refractivity contribution < 1.29 is 0 Å². The van der Waals surface area contributed by atoms with E-state index in [2.05, 4.69) is 70.3 Å². The van der Waals surface area contributed by atoms with E-state index in [4.69, 9.17) is 0 Å². The van der Waals surface area contributed by atoms with Gasteiger partial charge in [0.1, 0.15) is 0 Å². The van der Waals surface area contributed by atoms with Crippen LogP contribution in [0.15, 0.2) is 47.1 Å². The Bertz CT molecular complexity index is 573. The quantitative estimate of drug-likeness (QED) is 0.726. The topological polar surface area (TPSA) is 12.9 Å². The van der Waals surface area contributed by atoms with Gasteiger partial charge in [-0.3, -0.25) is 4.98 Å². The van der Waals surface area contributed by atoms with E-state index in [1.807, 2.05) is 13.1 Å². The molecule has 1 heterocycles. The van der Waals surface area contributed by atoms with E-state index in [1.54, 1.807) is 0 Å². The number of nitrogens with zero attached hydrogens (tertiary/aromatic N) is 1. The molecule has 19 heavy (non-hydrogen) atoms. The Morgan fingerprint density at radius 1 is 1.26 bits per heavy atom. The molecule has 0 atom stereocenters. The number of pyridine rings is 1. The van der Waals surface area contributed by atoms with Gasteiger partial charge < -0.3 is 0 Å². The third kappa shape index (κ3) is 3.77. The van der Waals surface area contributed by atoms with Gasteiger partial charge in [-0.1, -0.05) is 43.7 Å². The number of aryl methyl sites for hydroxylation is 1. The van der Waals surface area contributed by atoms with E-state index in [1.165, 1.54) is 16.7 Å². The van der Waals surface area contributed by atoms with Gasteiger partial charge in [-0.05, 0) is 58.1 Å². The van der Waals surface area contributed by atoms with E-state index in [0.29, 0.717) is 0 Å². The van der Waals surface area contributed by atoms with Crippen LogP contribution in [0, 0.1) is 6.92 Å². The second-order valence-corrected chi connectivity index (χ2v) is 5.53. The highest BCUT2D eigenvalue weighted by atomic mass is 79.9. The maximum atomic E-state index is 4.39. The van der Waals surface area contributed by atoms with E-state index in [-0.39, 0.29) is 0 Å². The molecule has 0 aliphatic rings. The molecule has 0 fully saturated rings. The van der Waals surface area contributed by atoms with Gasteiger partial charge in [0.25, 0.3) is 0 Å². The molecule has 2 aromatic rings. The van der Waals surface area contributed by atoms with E-state index in [9.17, 15) is 0 Å². The van der Waals surface area contributed by atoms with Crippen LogP contribution < -0.4 is 0 Å². The molecule has 0 bridgehead atoms. The lowest BCUT2D eigenvalue weighted by molar-refractivity contribution is 0.976. The average molecular weight is 316 g/mol. The van der Waals surface area contributed by atoms with Crippen molar-refractivity contribution in [3.63, 3.8) is 0 Å². The summed E-state index contributed by atoms with van der Waals surface area (Å²) < 4.78 is 1.02. The summed E-state index contributed by atoms with van der Waals surface area (Å²) in [4.78, 5) is 4.39. The first-order valence-electron chi connectivity index (χ1n) is 6.59. The largest absolute Gasteiger partial charge is 0.260 e. The van der Waals surface area contributed by atoms with Crippen molar-refractivity contribution in [1.82, 2.24) is 4.98 Å². The normalized spacial score (nSPS) is 11.6. The predicted molar refractivity (Wildman–Crippen MR) is 85.9 cm³/mol. The van der Waals surface area contributed by atoms with Crippen LogP contribution in [-0.2, 0) is 0 Å². The first kappa shape index (κ1) is 14.0. The lowest BCUT2D eigenvalue weighted by atomic mass is 9.98. The van der Waals surface area contributed by atoms with Crippen molar-refractivity contribution in [2.75, 3.05) is 0 Å². The molecule has 98 valence electrons. The second-order valence-electron chi connectivity index (χ2n) is 4.61. The van der Waals surface area contributed by atoms with Gasteiger partial charge in [0, 0.05) is 16.4 Å². The predicted octanol–water partition coefficient (Wildman–Crippen LogP) is 5.49. The van der Waals surface area contributed by atoms with Gasteiger partial charge in [-0.15, -0.1) is 0 Å². The van der Waals surface area contributed by atoms with Gasteiger partial charge >= 0.3 is 0 Å². The summed E-state index contributed by atoms with van der Waals surface area (Å²) >= 11 is 3.49. The van der Waals surface area contributed by atoms with E-state index >= 15 is 0 Å². The van der Waals surface area contributed by atoms with Gasteiger partial charge in [-0.25, -0.2) is 0 Å². The summed E-state index contributed by atoms with van der Waals surface area (Å²) in [6, 6.07) is 12.7. The van der Waals surface area contributed by atoms with Crippen LogP contribution in [0.3, 0.4) is 0 Å². The maximum absolute atomic E-state index is 4.39.